The highest BCUT2D eigenvalue weighted by Gasteiger charge is 2.40. The van der Waals surface area contributed by atoms with E-state index in [0.717, 1.165) is 48.3 Å². The van der Waals surface area contributed by atoms with Crippen molar-refractivity contribution >= 4 is 5.91 Å². The molecule has 5 nitrogen and oxygen atoms in total. The number of amides is 1. The Morgan fingerprint density at radius 3 is 2.83 bits per heavy atom. The lowest BCUT2D eigenvalue weighted by atomic mass is 9.92. The number of hydrogen-bond acceptors (Lipinski definition) is 4. The summed E-state index contributed by atoms with van der Waals surface area (Å²) in [6.45, 7) is 2.13. The second-order valence-electron chi connectivity index (χ2n) is 6.60. The number of fused-ring (bicyclic) bond motifs is 1. The van der Waals surface area contributed by atoms with Gasteiger partial charge in [0.25, 0.3) is 0 Å². The maximum Gasteiger partial charge on any atom is 0.223 e. The molecule has 0 aromatic carbocycles. The van der Waals surface area contributed by atoms with Crippen LogP contribution in [-0.4, -0.2) is 20.9 Å². The number of carbonyl (C=O) groups excluding carboxylic acids is 1. The van der Waals surface area contributed by atoms with Crippen LogP contribution in [0.15, 0.2) is 30.7 Å². The maximum atomic E-state index is 12.2. The number of hydrogen-bond donors (Lipinski definition) is 1. The number of aryl methyl sites for hydroxylation is 1. The minimum Gasteiger partial charge on any atom is -0.349 e. The molecule has 1 fully saturated rings. The number of carbonyl (C=O) groups is 1. The molecular formula is C18H20N4O. The minimum atomic E-state index is 0.0607. The molecule has 3 unspecified atom stereocenters. The number of pyridine rings is 1. The van der Waals surface area contributed by atoms with Crippen molar-refractivity contribution in [3.05, 3.63) is 42.0 Å². The van der Waals surface area contributed by atoms with Gasteiger partial charge in [0.05, 0.1) is 6.04 Å². The Morgan fingerprint density at radius 1 is 1.30 bits per heavy atom. The minimum absolute atomic E-state index is 0.0607. The lowest BCUT2D eigenvalue weighted by Gasteiger charge is -2.25. The van der Waals surface area contributed by atoms with Gasteiger partial charge in [-0.2, -0.15) is 0 Å². The molecule has 5 heteroatoms. The third-order valence-electron chi connectivity index (χ3n) is 4.88. The third kappa shape index (κ3) is 2.83. The average molecular weight is 308 g/mol. The van der Waals surface area contributed by atoms with Crippen LogP contribution in [0.4, 0.5) is 0 Å². The van der Waals surface area contributed by atoms with Crippen LogP contribution in [-0.2, 0) is 11.2 Å². The molecule has 1 saturated carbocycles. The fraction of sp³-hybridized carbons (Fsp3) is 0.444. The lowest BCUT2D eigenvalue weighted by Crippen LogP contribution is -2.32. The quantitative estimate of drug-likeness (QED) is 0.946. The van der Waals surface area contributed by atoms with E-state index in [-0.39, 0.29) is 17.9 Å². The zero-order valence-corrected chi connectivity index (χ0v) is 13.2. The van der Waals surface area contributed by atoms with E-state index in [2.05, 4.69) is 22.2 Å². The number of aromatic nitrogens is 3. The molecule has 2 heterocycles. The molecule has 1 N–H and O–H groups in total. The van der Waals surface area contributed by atoms with Crippen LogP contribution in [0.2, 0.25) is 0 Å². The van der Waals surface area contributed by atoms with E-state index in [0.29, 0.717) is 5.92 Å². The van der Waals surface area contributed by atoms with Gasteiger partial charge in [-0.1, -0.05) is 6.92 Å². The smallest absolute Gasteiger partial charge is 0.223 e. The molecule has 1 amide bonds. The SMILES string of the molecule is CC1CC1C(=O)NC1CCCc2nc(-c3ccncc3)ncc21. The van der Waals surface area contributed by atoms with Crippen molar-refractivity contribution in [1.82, 2.24) is 20.3 Å². The standard InChI is InChI=1S/C18H20N4O/c1-11-9-13(11)18(23)22-16-4-2-3-15-14(16)10-20-17(21-15)12-5-7-19-8-6-12/h5-8,10-11,13,16H,2-4,9H2,1H3,(H,22,23). The molecule has 2 aliphatic rings. The monoisotopic (exact) mass is 308 g/mol. The van der Waals surface area contributed by atoms with Crippen LogP contribution < -0.4 is 5.32 Å². The van der Waals surface area contributed by atoms with Crippen molar-refractivity contribution in [2.75, 3.05) is 0 Å². The molecule has 118 valence electrons. The zero-order chi connectivity index (χ0) is 15.8. The number of nitrogens with one attached hydrogen (secondary N) is 1. The van der Waals surface area contributed by atoms with Crippen molar-refractivity contribution in [2.24, 2.45) is 11.8 Å². The molecule has 3 atom stereocenters. The summed E-state index contributed by atoms with van der Waals surface area (Å²) in [5, 5.41) is 3.20. The van der Waals surface area contributed by atoms with Crippen molar-refractivity contribution in [3.8, 4) is 11.4 Å². The van der Waals surface area contributed by atoms with Crippen molar-refractivity contribution in [2.45, 2.75) is 38.6 Å². The van der Waals surface area contributed by atoms with E-state index in [4.69, 9.17) is 4.98 Å². The van der Waals surface area contributed by atoms with Crippen LogP contribution in [0.1, 0.15) is 43.5 Å². The topological polar surface area (TPSA) is 67.8 Å². The molecule has 2 aromatic rings. The Kier molecular flexibility index (Phi) is 3.56. The summed E-state index contributed by atoms with van der Waals surface area (Å²) in [5.41, 5.74) is 3.11. The molecule has 2 aromatic heterocycles. The van der Waals surface area contributed by atoms with Crippen LogP contribution in [0.25, 0.3) is 11.4 Å². The highest BCUT2D eigenvalue weighted by molar-refractivity contribution is 5.81. The number of nitrogens with zero attached hydrogens (tertiary/aromatic N) is 3. The molecular weight excluding hydrogens is 288 g/mol. The summed E-state index contributed by atoms with van der Waals surface area (Å²) < 4.78 is 0. The van der Waals surface area contributed by atoms with Gasteiger partial charge in [0.15, 0.2) is 5.82 Å². The molecule has 0 spiro atoms. The van der Waals surface area contributed by atoms with Gasteiger partial charge in [-0.25, -0.2) is 9.97 Å². The van der Waals surface area contributed by atoms with Gasteiger partial charge in [-0.15, -0.1) is 0 Å². The fourth-order valence-electron chi connectivity index (χ4n) is 3.30. The first-order valence-corrected chi connectivity index (χ1v) is 8.29. The van der Waals surface area contributed by atoms with Crippen LogP contribution in [0, 0.1) is 11.8 Å². The highest BCUT2D eigenvalue weighted by atomic mass is 16.2. The van der Waals surface area contributed by atoms with Gasteiger partial charge >= 0.3 is 0 Å². The first kappa shape index (κ1) is 14.3. The van der Waals surface area contributed by atoms with Crippen molar-refractivity contribution < 1.29 is 4.79 Å². The predicted octanol–water partition coefficient (Wildman–Crippen LogP) is 2.69. The van der Waals surface area contributed by atoms with Gasteiger partial charge in [-0.05, 0) is 43.7 Å². The van der Waals surface area contributed by atoms with Gasteiger partial charge in [0, 0.05) is 41.3 Å². The largest absolute Gasteiger partial charge is 0.349 e. The van der Waals surface area contributed by atoms with Crippen molar-refractivity contribution in [3.63, 3.8) is 0 Å². The van der Waals surface area contributed by atoms with E-state index in [1.54, 1.807) is 12.4 Å². The van der Waals surface area contributed by atoms with E-state index in [9.17, 15) is 4.79 Å². The fourth-order valence-corrected chi connectivity index (χ4v) is 3.30. The third-order valence-corrected chi connectivity index (χ3v) is 4.88. The van der Waals surface area contributed by atoms with Crippen LogP contribution in [0.5, 0.6) is 0 Å². The van der Waals surface area contributed by atoms with E-state index in [1.807, 2.05) is 18.3 Å². The summed E-state index contributed by atoms with van der Waals surface area (Å²) in [7, 11) is 0. The summed E-state index contributed by atoms with van der Waals surface area (Å²) in [6, 6.07) is 3.89. The second kappa shape index (κ2) is 5.72. The predicted molar refractivity (Wildman–Crippen MR) is 86.4 cm³/mol. The Labute approximate surface area is 135 Å². The second-order valence-corrected chi connectivity index (χ2v) is 6.60. The Balaban J connectivity index is 1.58. The van der Waals surface area contributed by atoms with Gasteiger partial charge in [-0.3, -0.25) is 9.78 Å². The van der Waals surface area contributed by atoms with Gasteiger partial charge in [0.2, 0.25) is 5.91 Å². The summed E-state index contributed by atoms with van der Waals surface area (Å²) >= 11 is 0. The van der Waals surface area contributed by atoms with Crippen LogP contribution in [0.3, 0.4) is 0 Å². The van der Waals surface area contributed by atoms with Gasteiger partial charge < -0.3 is 5.32 Å². The molecule has 2 aliphatic carbocycles. The van der Waals surface area contributed by atoms with Crippen molar-refractivity contribution in [1.29, 1.82) is 0 Å². The van der Waals surface area contributed by atoms with Crippen LogP contribution >= 0.6 is 0 Å². The normalized spacial score (nSPS) is 25.5. The van der Waals surface area contributed by atoms with E-state index in [1.165, 1.54) is 0 Å². The van der Waals surface area contributed by atoms with E-state index < -0.39 is 0 Å². The average Bonchev–Trinajstić information content (AvgIpc) is 3.32. The first-order chi connectivity index (χ1) is 11.2. The highest BCUT2D eigenvalue weighted by Crippen LogP contribution is 2.39. The summed E-state index contributed by atoms with van der Waals surface area (Å²) in [5.74, 6) is 1.66. The molecule has 0 aliphatic heterocycles. The molecule has 4 rings (SSSR count). The molecule has 23 heavy (non-hydrogen) atoms. The molecule has 0 bridgehead atoms. The van der Waals surface area contributed by atoms with Gasteiger partial charge in [0.1, 0.15) is 0 Å². The lowest BCUT2D eigenvalue weighted by molar-refractivity contribution is -0.123. The first-order valence-electron chi connectivity index (χ1n) is 8.29. The van der Waals surface area contributed by atoms with E-state index >= 15 is 0 Å². The summed E-state index contributed by atoms with van der Waals surface area (Å²) in [6.07, 6.45) is 9.36. The molecule has 0 radical (unpaired) electrons. The Morgan fingerprint density at radius 2 is 2.09 bits per heavy atom. The summed E-state index contributed by atoms with van der Waals surface area (Å²) in [4.78, 5) is 25.5. The Bertz CT molecular complexity index is 731. The Hall–Kier alpha value is -2.30. The zero-order valence-electron chi connectivity index (χ0n) is 13.2. The maximum absolute atomic E-state index is 12.2. The molecule has 0 saturated heterocycles. The number of rotatable bonds is 3.